The molecule has 0 aromatic heterocycles. The minimum Gasteiger partial charge on any atom is -0.295 e. The Hall–Kier alpha value is -0.960. The van der Waals surface area contributed by atoms with Crippen molar-refractivity contribution in [3.05, 3.63) is 40.1 Å². The third kappa shape index (κ3) is 2.77. The van der Waals surface area contributed by atoms with Crippen LogP contribution in [-0.2, 0) is 4.79 Å². The number of carbonyl (C=O) groups is 1. The number of rotatable bonds is 2. The SMILES string of the molecule is CC(=O)/C=C(\C)c1cc(F)ccc1Br. The summed E-state index contributed by atoms with van der Waals surface area (Å²) in [6.45, 7) is 3.25. The standard InChI is InChI=1S/C11H10BrFO/c1-7(5-8(2)14)10-6-9(13)3-4-11(10)12/h3-6H,1-2H3/b7-5+. The van der Waals surface area contributed by atoms with Gasteiger partial charge in [0.05, 0.1) is 0 Å². The Labute approximate surface area is 90.8 Å². The van der Waals surface area contributed by atoms with Gasteiger partial charge in [-0.05, 0) is 49.3 Å². The van der Waals surface area contributed by atoms with E-state index in [4.69, 9.17) is 0 Å². The number of ketones is 1. The van der Waals surface area contributed by atoms with Gasteiger partial charge in [-0.1, -0.05) is 15.9 Å². The van der Waals surface area contributed by atoms with Crippen LogP contribution in [0.3, 0.4) is 0 Å². The number of halogens is 2. The van der Waals surface area contributed by atoms with Crippen molar-refractivity contribution >= 4 is 27.3 Å². The van der Waals surface area contributed by atoms with Gasteiger partial charge >= 0.3 is 0 Å². The maximum absolute atomic E-state index is 12.9. The highest BCUT2D eigenvalue weighted by atomic mass is 79.9. The average Bonchev–Trinajstić information content (AvgIpc) is 2.08. The van der Waals surface area contributed by atoms with Crippen LogP contribution in [0, 0.1) is 5.82 Å². The molecule has 1 rings (SSSR count). The lowest BCUT2D eigenvalue weighted by Gasteiger charge is -2.04. The fraction of sp³-hybridized carbons (Fsp3) is 0.182. The number of hydrogen-bond acceptors (Lipinski definition) is 1. The van der Waals surface area contributed by atoms with Gasteiger partial charge in [0.15, 0.2) is 5.78 Å². The molecule has 14 heavy (non-hydrogen) atoms. The summed E-state index contributed by atoms with van der Waals surface area (Å²) in [5, 5.41) is 0. The maximum Gasteiger partial charge on any atom is 0.152 e. The van der Waals surface area contributed by atoms with Crippen LogP contribution < -0.4 is 0 Å². The normalized spacial score (nSPS) is 11.6. The van der Waals surface area contributed by atoms with Crippen molar-refractivity contribution in [2.75, 3.05) is 0 Å². The maximum atomic E-state index is 12.9. The summed E-state index contributed by atoms with van der Waals surface area (Å²) < 4.78 is 13.7. The molecule has 0 fully saturated rings. The number of carbonyl (C=O) groups excluding carboxylic acids is 1. The van der Waals surface area contributed by atoms with Gasteiger partial charge in [-0.3, -0.25) is 4.79 Å². The molecule has 0 heterocycles. The molecular weight excluding hydrogens is 247 g/mol. The lowest BCUT2D eigenvalue weighted by atomic mass is 10.1. The van der Waals surface area contributed by atoms with Crippen LogP contribution in [0.1, 0.15) is 19.4 Å². The topological polar surface area (TPSA) is 17.1 Å². The molecule has 0 bridgehead atoms. The van der Waals surface area contributed by atoms with Gasteiger partial charge < -0.3 is 0 Å². The summed E-state index contributed by atoms with van der Waals surface area (Å²) in [6.07, 6.45) is 1.49. The Balaban J connectivity index is 3.18. The van der Waals surface area contributed by atoms with E-state index >= 15 is 0 Å². The van der Waals surface area contributed by atoms with E-state index in [1.165, 1.54) is 25.1 Å². The predicted molar refractivity (Wildman–Crippen MR) is 58.4 cm³/mol. The van der Waals surface area contributed by atoms with Crippen molar-refractivity contribution in [1.82, 2.24) is 0 Å². The van der Waals surface area contributed by atoms with Crippen LogP contribution in [0.15, 0.2) is 28.7 Å². The summed E-state index contributed by atoms with van der Waals surface area (Å²) in [5.41, 5.74) is 1.46. The van der Waals surface area contributed by atoms with Crippen molar-refractivity contribution in [3.8, 4) is 0 Å². The molecule has 0 aliphatic rings. The Bertz CT molecular complexity index is 396. The van der Waals surface area contributed by atoms with Gasteiger partial charge in [0.25, 0.3) is 0 Å². The minimum absolute atomic E-state index is 0.0429. The third-order valence-corrected chi connectivity index (χ3v) is 2.46. The van der Waals surface area contributed by atoms with Gasteiger partial charge in [-0.2, -0.15) is 0 Å². The van der Waals surface area contributed by atoms with Crippen molar-refractivity contribution in [1.29, 1.82) is 0 Å². The molecule has 1 nitrogen and oxygen atoms in total. The molecule has 3 heteroatoms. The van der Waals surface area contributed by atoms with Crippen LogP contribution >= 0.6 is 15.9 Å². The Morgan fingerprint density at radius 2 is 2.07 bits per heavy atom. The van der Waals surface area contributed by atoms with Crippen molar-refractivity contribution < 1.29 is 9.18 Å². The van der Waals surface area contributed by atoms with E-state index < -0.39 is 0 Å². The van der Waals surface area contributed by atoms with Gasteiger partial charge in [0, 0.05) is 4.47 Å². The highest BCUT2D eigenvalue weighted by Gasteiger charge is 2.04. The molecule has 0 atom stereocenters. The van der Waals surface area contributed by atoms with Gasteiger partial charge in [0.1, 0.15) is 5.82 Å². The first-order valence-corrected chi connectivity index (χ1v) is 4.94. The average molecular weight is 257 g/mol. The van der Waals surface area contributed by atoms with E-state index in [1.807, 2.05) is 0 Å². The van der Waals surface area contributed by atoms with Crippen LogP contribution in [0.4, 0.5) is 4.39 Å². The van der Waals surface area contributed by atoms with Gasteiger partial charge in [0.2, 0.25) is 0 Å². The number of benzene rings is 1. The molecule has 0 amide bonds. The monoisotopic (exact) mass is 256 g/mol. The molecule has 0 aliphatic heterocycles. The molecule has 0 saturated heterocycles. The van der Waals surface area contributed by atoms with E-state index in [0.29, 0.717) is 5.56 Å². The summed E-state index contributed by atoms with van der Waals surface area (Å²) >= 11 is 3.30. The van der Waals surface area contributed by atoms with Crippen LogP contribution in [0.5, 0.6) is 0 Å². The zero-order valence-corrected chi connectivity index (χ0v) is 9.56. The van der Waals surface area contributed by atoms with Gasteiger partial charge in [-0.15, -0.1) is 0 Å². The van der Waals surface area contributed by atoms with E-state index in [9.17, 15) is 9.18 Å². The van der Waals surface area contributed by atoms with Crippen molar-refractivity contribution in [2.45, 2.75) is 13.8 Å². The zero-order valence-electron chi connectivity index (χ0n) is 7.97. The molecule has 0 unspecified atom stereocenters. The van der Waals surface area contributed by atoms with Crippen molar-refractivity contribution in [2.24, 2.45) is 0 Å². The smallest absolute Gasteiger partial charge is 0.152 e. The van der Waals surface area contributed by atoms with E-state index in [0.717, 1.165) is 10.0 Å². The third-order valence-electron chi connectivity index (χ3n) is 1.77. The Kier molecular flexibility index (Phi) is 3.58. The van der Waals surface area contributed by atoms with Crippen LogP contribution in [0.25, 0.3) is 5.57 Å². The highest BCUT2D eigenvalue weighted by molar-refractivity contribution is 9.10. The Morgan fingerprint density at radius 1 is 1.43 bits per heavy atom. The second kappa shape index (κ2) is 4.51. The molecule has 0 N–H and O–H groups in total. The first kappa shape index (κ1) is 11.1. The molecule has 0 radical (unpaired) electrons. The molecule has 0 saturated carbocycles. The second-order valence-electron chi connectivity index (χ2n) is 3.06. The molecule has 1 aromatic carbocycles. The lowest BCUT2D eigenvalue weighted by Crippen LogP contribution is -1.88. The molecular formula is C11H10BrFO. The predicted octanol–water partition coefficient (Wildman–Crippen LogP) is 3.58. The summed E-state index contributed by atoms with van der Waals surface area (Å²) in [6, 6.07) is 4.40. The molecule has 1 aromatic rings. The lowest BCUT2D eigenvalue weighted by molar-refractivity contribution is -0.112. The second-order valence-corrected chi connectivity index (χ2v) is 3.92. The van der Waals surface area contributed by atoms with Crippen molar-refractivity contribution in [3.63, 3.8) is 0 Å². The molecule has 0 aliphatic carbocycles. The van der Waals surface area contributed by atoms with E-state index in [2.05, 4.69) is 15.9 Å². The van der Waals surface area contributed by atoms with Crippen LogP contribution in [0.2, 0.25) is 0 Å². The molecule has 0 spiro atoms. The zero-order chi connectivity index (χ0) is 10.7. The van der Waals surface area contributed by atoms with E-state index in [-0.39, 0.29) is 11.6 Å². The largest absolute Gasteiger partial charge is 0.295 e. The first-order chi connectivity index (χ1) is 6.50. The summed E-state index contributed by atoms with van der Waals surface area (Å²) in [4.78, 5) is 10.8. The molecule has 74 valence electrons. The summed E-state index contributed by atoms with van der Waals surface area (Å²) in [7, 11) is 0. The fourth-order valence-electron chi connectivity index (χ4n) is 1.18. The fourth-order valence-corrected chi connectivity index (χ4v) is 1.74. The highest BCUT2D eigenvalue weighted by Crippen LogP contribution is 2.24. The quantitative estimate of drug-likeness (QED) is 0.740. The van der Waals surface area contributed by atoms with E-state index in [1.54, 1.807) is 13.0 Å². The minimum atomic E-state index is -0.306. The number of hydrogen-bond donors (Lipinski definition) is 0. The summed E-state index contributed by atoms with van der Waals surface area (Å²) in [5.74, 6) is -0.349. The van der Waals surface area contributed by atoms with Crippen LogP contribution in [-0.4, -0.2) is 5.78 Å². The Morgan fingerprint density at radius 3 is 2.64 bits per heavy atom. The number of allylic oxidation sites excluding steroid dienone is 2. The van der Waals surface area contributed by atoms with Gasteiger partial charge in [-0.25, -0.2) is 4.39 Å². The first-order valence-electron chi connectivity index (χ1n) is 4.15.